The molecule has 23 heavy (non-hydrogen) atoms. The van der Waals surface area contributed by atoms with Gasteiger partial charge in [0.1, 0.15) is 12.1 Å². The van der Waals surface area contributed by atoms with Crippen LogP contribution in [0.2, 0.25) is 0 Å². The summed E-state index contributed by atoms with van der Waals surface area (Å²) in [5, 5.41) is 3.33. The van der Waals surface area contributed by atoms with Gasteiger partial charge in [-0.25, -0.2) is 15.0 Å². The van der Waals surface area contributed by atoms with E-state index >= 15 is 0 Å². The third-order valence-electron chi connectivity index (χ3n) is 3.45. The van der Waals surface area contributed by atoms with Gasteiger partial charge in [-0.15, -0.1) is 0 Å². The van der Waals surface area contributed by atoms with Crippen LogP contribution in [0.1, 0.15) is 36.8 Å². The highest BCUT2D eigenvalue weighted by Crippen LogP contribution is 2.17. The lowest BCUT2D eigenvalue weighted by Gasteiger charge is -2.05. The second-order valence-corrected chi connectivity index (χ2v) is 5.72. The summed E-state index contributed by atoms with van der Waals surface area (Å²) >= 11 is 0. The summed E-state index contributed by atoms with van der Waals surface area (Å²) in [5.41, 5.74) is 2.92. The molecule has 0 aliphatic carbocycles. The SMILES string of the molecule is CC(C)c1ncc(CNCc2coc(-c3ccccc3)n2)cn1. The minimum absolute atomic E-state index is 0.351. The Hall–Kier alpha value is -2.53. The van der Waals surface area contributed by atoms with Crippen molar-refractivity contribution in [2.24, 2.45) is 0 Å². The van der Waals surface area contributed by atoms with E-state index < -0.39 is 0 Å². The molecule has 2 heterocycles. The van der Waals surface area contributed by atoms with Crippen molar-refractivity contribution in [3.8, 4) is 11.5 Å². The second-order valence-electron chi connectivity index (χ2n) is 5.72. The quantitative estimate of drug-likeness (QED) is 0.754. The molecule has 0 saturated carbocycles. The van der Waals surface area contributed by atoms with Gasteiger partial charge in [-0.05, 0) is 12.1 Å². The van der Waals surface area contributed by atoms with E-state index in [0.717, 1.165) is 22.6 Å². The number of nitrogens with one attached hydrogen (secondary N) is 1. The van der Waals surface area contributed by atoms with Crippen LogP contribution in [0.3, 0.4) is 0 Å². The Morgan fingerprint density at radius 1 is 1.04 bits per heavy atom. The fourth-order valence-electron chi connectivity index (χ4n) is 2.19. The van der Waals surface area contributed by atoms with Crippen LogP contribution in [0.4, 0.5) is 0 Å². The fraction of sp³-hybridized carbons (Fsp3) is 0.278. The van der Waals surface area contributed by atoms with E-state index in [1.807, 2.05) is 42.7 Å². The number of oxazole rings is 1. The van der Waals surface area contributed by atoms with Crippen molar-refractivity contribution in [1.82, 2.24) is 20.3 Å². The summed E-state index contributed by atoms with van der Waals surface area (Å²) < 4.78 is 5.52. The Morgan fingerprint density at radius 3 is 2.48 bits per heavy atom. The Balaban J connectivity index is 1.54. The van der Waals surface area contributed by atoms with Crippen LogP contribution in [0.25, 0.3) is 11.5 Å². The molecule has 0 unspecified atom stereocenters. The Labute approximate surface area is 135 Å². The standard InChI is InChI=1S/C18H20N4O/c1-13(2)17-20-9-14(10-21-17)8-19-11-16-12-23-18(22-16)15-6-4-3-5-7-15/h3-7,9-10,12-13,19H,8,11H2,1-2H3. The highest BCUT2D eigenvalue weighted by molar-refractivity contribution is 5.52. The third-order valence-corrected chi connectivity index (χ3v) is 3.45. The molecule has 1 N–H and O–H groups in total. The summed E-state index contributed by atoms with van der Waals surface area (Å²) in [6.07, 6.45) is 5.43. The third kappa shape index (κ3) is 4.02. The van der Waals surface area contributed by atoms with Gasteiger partial charge in [-0.1, -0.05) is 32.0 Å². The van der Waals surface area contributed by atoms with Gasteiger partial charge in [-0.3, -0.25) is 0 Å². The molecule has 3 aromatic rings. The molecule has 2 aromatic heterocycles. The molecule has 0 saturated heterocycles. The number of aromatic nitrogens is 3. The lowest BCUT2D eigenvalue weighted by Crippen LogP contribution is -2.13. The molecule has 0 aliphatic rings. The van der Waals surface area contributed by atoms with Crippen molar-refractivity contribution in [2.45, 2.75) is 32.9 Å². The van der Waals surface area contributed by atoms with Gasteiger partial charge in [0, 0.05) is 42.5 Å². The van der Waals surface area contributed by atoms with E-state index in [9.17, 15) is 0 Å². The number of hydrogen-bond donors (Lipinski definition) is 1. The van der Waals surface area contributed by atoms with Crippen molar-refractivity contribution < 1.29 is 4.42 Å². The van der Waals surface area contributed by atoms with Gasteiger partial charge in [0.2, 0.25) is 5.89 Å². The summed E-state index contributed by atoms with van der Waals surface area (Å²) in [6, 6.07) is 9.88. The molecule has 1 aromatic carbocycles. The van der Waals surface area contributed by atoms with Crippen LogP contribution in [0, 0.1) is 0 Å². The normalized spacial score (nSPS) is 11.1. The highest BCUT2D eigenvalue weighted by atomic mass is 16.3. The number of hydrogen-bond acceptors (Lipinski definition) is 5. The molecule has 0 amide bonds. The first-order valence-electron chi connectivity index (χ1n) is 7.73. The predicted molar refractivity (Wildman–Crippen MR) is 88.6 cm³/mol. The van der Waals surface area contributed by atoms with Crippen molar-refractivity contribution >= 4 is 0 Å². The monoisotopic (exact) mass is 308 g/mol. The van der Waals surface area contributed by atoms with Crippen LogP contribution in [0.5, 0.6) is 0 Å². The van der Waals surface area contributed by atoms with Gasteiger partial charge >= 0.3 is 0 Å². The zero-order valence-electron chi connectivity index (χ0n) is 13.4. The fourth-order valence-corrected chi connectivity index (χ4v) is 2.19. The van der Waals surface area contributed by atoms with E-state index in [2.05, 4.69) is 34.1 Å². The smallest absolute Gasteiger partial charge is 0.226 e. The van der Waals surface area contributed by atoms with E-state index in [1.54, 1.807) is 6.26 Å². The van der Waals surface area contributed by atoms with Crippen LogP contribution in [-0.4, -0.2) is 15.0 Å². The lowest BCUT2D eigenvalue weighted by molar-refractivity contribution is 0.570. The Kier molecular flexibility index (Phi) is 4.78. The van der Waals surface area contributed by atoms with E-state index in [0.29, 0.717) is 24.9 Å². The lowest BCUT2D eigenvalue weighted by atomic mass is 10.2. The molecule has 5 heteroatoms. The number of rotatable bonds is 6. The largest absolute Gasteiger partial charge is 0.444 e. The molecule has 0 bridgehead atoms. The highest BCUT2D eigenvalue weighted by Gasteiger charge is 2.06. The molecule has 5 nitrogen and oxygen atoms in total. The van der Waals surface area contributed by atoms with Gasteiger partial charge in [0.25, 0.3) is 0 Å². The summed E-state index contributed by atoms with van der Waals surface area (Å²) in [7, 11) is 0. The zero-order valence-corrected chi connectivity index (χ0v) is 13.4. The summed E-state index contributed by atoms with van der Waals surface area (Å²) in [4.78, 5) is 13.2. The van der Waals surface area contributed by atoms with Gasteiger partial charge in [-0.2, -0.15) is 0 Å². The molecule has 0 fully saturated rings. The van der Waals surface area contributed by atoms with Crippen molar-refractivity contribution in [3.05, 3.63) is 66.1 Å². The molecule has 3 rings (SSSR count). The maximum absolute atomic E-state index is 5.52. The molecule has 0 radical (unpaired) electrons. The topological polar surface area (TPSA) is 63.8 Å². The molecule has 0 spiro atoms. The average molecular weight is 308 g/mol. The van der Waals surface area contributed by atoms with Crippen LogP contribution in [0.15, 0.2) is 53.4 Å². The maximum atomic E-state index is 5.52. The summed E-state index contributed by atoms with van der Waals surface area (Å²) in [5.74, 6) is 1.87. The van der Waals surface area contributed by atoms with Gasteiger partial charge < -0.3 is 9.73 Å². The zero-order chi connectivity index (χ0) is 16.1. The van der Waals surface area contributed by atoms with Crippen molar-refractivity contribution in [2.75, 3.05) is 0 Å². The number of nitrogens with zero attached hydrogens (tertiary/aromatic N) is 3. The Morgan fingerprint density at radius 2 is 1.78 bits per heavy atom. The molecular formula is C18H20N4O. The summed E-state index contributed by atoms with van der Waals surface area (Å²) in [6.45, 7) is 5.51. The van der Waals surface area contributed by atoms with Crippen molar-refractivity contribution in [1.29, 1.82) is 0 Å². The van der Waals surface area contributed by atoms with E-state index in [1.165, 1.54) is 0 Å². The molecule has 0 atom stereocenters. The first kappa shape index (κ1) is 15.4. The van der Waals surface area contributed by atoms with E-state index in [-0.39, 0.29) is 0 Å². The first-order valence-corrected chi connectivity index (χ1v) is 7.73. The van der Waals surface area contributed by atoms with Crippen LogP contribution in [-0.2, 0) is 13.1 Å². The second kappa shape index (κ2) is 7.15. The first-order chi connectivity index (χ1) is 11.2. The predicted octanol–water partition coefficient (Wildman–Crippen LogP) is 3.54. The van der Waals surface area contributed by atoms with Crippen LogP contribution < -0.4 is 5.32 Å². The molecule has 118 valence electrons. The minimum atomic E-state index is 0.351. The Bertz CT molecular complexity index is 735. The maximum Gasteiger partial charge on any atom is 0.226 e. The number of benzene rings is 1. The van der Waals surface area contributed by atoms with E-state index in [4.69, 9.17) is 4.42 Å². The molecule has 0 aliphatic heterocycles. The van der Waals surface area contributed by atoms with Gasteiger partial charge in [0.15, 0.2) is 0 Å². The van der Waals surface area contributed by atoms with Crippen molar-refractivity contribution in [3.63, 3.8) is 0 Å². The van der Waals surface area contributed by atoms with Gasteiger partial charge in [0.05, 0.1) is 5.69 Å². The average Bonchev–Trinajstić information content (AvgIpc) is 3.05. The van der Waals surface area contributed by atoms with Crippen LogP contribution >= 0.6 is 0 Å². The molecular weight excluding hydrogens is 288 g/mol. The minimum Gasteiger partial charge on any atom is -0.444 e.